The van der Waals surface area contributed by atoms with Gasteiger partial charge in [-0.2, -0.15) is 0 Å². The fraction of sp³-hybridized carbons (Fsp3) is 0.467. The molecule has 0 aliphatic heterocycles. The van der Waals surface area contributed by atoms with Crippen LogP contribution in [0.1, 0.15) is 37.8 Å². The van der Waals surface area contributed by atoms with Crippen molar-refractivity contribution >= 4 is 11.9 Å². The fourth-order valence-electron chi connectivity index (χ4n) is 1.73. The number of carbonyl (C=O) groups excluding carboxylic acids is 1. The van der Waals surface area contributed by atoms with Gasteiger partial charge in [0, 0.05) is 0 Å². The number of aliphatic carboxylic acids is 1. The summed E-state index contributed by atoms with van der Waals surface area (Å²) in [7, 11) is 0. The molecule has 0 unspecified atom stereocenters. The van der Waals surface area contributed by atoms with Gasteiger partial charge in [0.1, 0.15) is 11.8 Å². The average Bonchev–Trinajstić information content (AvgIpc) is 2.35. The zero-order valence-corrected chi connectivity index (χ0v) is 12.3. The first kappa shape index (κ1) is 16.0. The van der Waals surface area contributed by atoms with Gasteiger partial charge in [-0.1, -0.05) is 26.0 Å². The third kappa shape index (κ3) is 4.57. The van der Waals surface area contributed by atoms with Crippen LogP contribution >= 0.6 is 0 Å². The monoisotopic (exact) mass is 279 g/mol. The van der Waals surface area contributed by atoms with Crippen LogP contribution in [0, 0.1) is 6.92 Å². The van der Waals surface area contributed by atoms with E-state index in [2.05, 4.69) is 5.32 Å². The lowest BCUT2D eigenvalue weighted by atomic mass is 10.0. The molecule has 0 heterocycles. The number of ether oxygens (including phenoxy) is 1. The van der Waals surface area contributed by atoms with E-state index >= 15 is 0 Å². The molecule has 110 valence electrons. The second-order valence-electron chi connectivity index (χ2n) is 5.11. The first-order chi connectivity index (χ1) is 9.31. The molecule has 0 aromatic heterocycles. The van der Waals surface area contributed by atoms with Crippen molar-refractivity contribution in [2.45, 2.75) is 39.7 Å². The van der Waals surface area contributed by atoms with Crippen molar-refractivity contribution in [2.24, 2.45) is 0 Å². The Balaban J connectivity index is 2.67. The van der Waals surface area contributed by atoms with Gasteiger partial charge in [0.25, 0.3) is 5.91 Å². The molecule has 0 spiro atoms. The Morgan fingerprint density at radius 2 is 1.95 bits per heavy atom. The van der Waals surface area contributed by atoms with Crippen molar-refractivity contribution < 1.29 is 19.4 Å². The summed E-state index contributed by atoms with van der Waals surface area (Å²) < 4.78 is 5.52. The van der Waals surface area contributed by atoms with Crippen LogP contribution in [0.25, 0.3) is 0 Å². The number of hydrogen-bond donors (Lipinski definition) is 2. The number of hydrogen-bond acceptors (Lipinski definition) is 3. The quantitative estimate of drug-likeness (QED) is 0.836. The lowest BCUT2D eigenvalue weighted by Gasteiger charge is -2.15. The van der Waals surface area contributed by atoms with E-state index in [-0.39, 0.29) is 12.5 Å². The molecule has 0 aliphatic carbocycles. The molecular weight excluding hydrogens is 258 g/mol. The van der Waals surface area contributed by atoms with Crippen LogP contribution in [-0.2, 0) is 9.59 Å². The molecule has 1 amide bonds. The number of amides is 1. The highest BCUT2D eigenvalue weighted by Crippen LogP contribution is 2.27. The summed E-state index contributed by atoms with van der Waals surface area (Å²) in [5.41, 5.74) is 2.07. The minimum Gasteiger partial charge on any atom is -0.483 e. The first-order valence-corrected chi connectivity index (χ1v) is 6.56. The van der Waals surface area contributed by atoms with Crippen molar-refractivity contribution in [3.8, 4) is 5.75 Å². The highest BCUT2D eigenvalue weighted by molar-refractivity contribution is 5.84. The lowest BCUT2D eigenvalue weighted by molar-refractivity contribution is -0.141. The summed E-state index contributed by atoms with van der Waals surface area (Å²) in [5.74, 6) is -0.572. The molecule has 1 rings (SSSR count). The van der Waals surface area contributed by atoms with Crippen molar-refractivity contribution in [3.63, 3.8) is 0 Å². The van der Waals surface area contributed by atoms with Gasteiger partial charge in [0.15, 0.2) is 6.61 Å². The summed E-state index contributed by atoms with van der Waals surface area (Å²) >= 11 is 0. The van der Waals surface area contributed by atoms with Gasteiger partial charge in [-0.05, 0) is 37.0 Å². The Morgan fingerprint density at radius 3 is 2.50 bits per heavy atom. The van der Waals surface area contributed by atoms with Gasteiger partial charge in [0.05, 0.1) is 0 Å². The Morgan fingerprint density at radius 1 is 1.30 bits per heavy atom. The molecule has 0 radical (unpaired) electrons. The molecule has 0 saturated heterocycles. The average molecular weight is 279 g/mol. The van der Waals surface area contributed by atoms with Crippen LogP contribution < -0.4 is 10.1 Å². The topological polar surface area (TPSA) is 75.6 Å². The Bertz CT molecular complexity index is 497. The van der Waals surface area contributed by atoms with Crippen LogP contribution in [0.5, 0.6) is 5.75 Å². The number of rotatable bonds is 6. The van der Waals surface area contributed by atoms with E-state index in [1.807, 2.05) is 39.0 Å². The summed E-state index contributed by atoms with van der Waals surface area (Å²) in [4.78, 5) is 22.2. The van der Waals surface area contributed by atoms with Crippen LogP contribution in [0.2, 0.25) is 0 Å². The van der Waals surface area contributed by atoms with E-state index in [1.54, 1.807) is 0 Å². The van der Waals surface area contributed by atoms with Crippen molar-refractivity contribution in [3.05, 3.63) is 29.3 Å². The second kappa shape index (κ2) is 6.93. The standard InChI is InChI=1S/C15H21NO4/c1-9(2)12-6-5-10(3)7-13(12)20-8-14(17)16-11(4)15(18)19/h5-7,9,11H,8H2,1-4H3,(H,16,17)(H,18,19)/t11-/m0/s1. The summed E-state index contributed by atoms with van der Waals surface area (Å²) in [6, 6.07) is 4.93. The van der Waals surface area contributed by atoms with Crippen molar-refractivity contribution in [1.29, 1.82) is 0 Å². The van der Waals surface area contributed by atoms with Gasteiger partial charge >= 0.3 is 5.97 Å². The third-order valence-electron chi connectivity index (χ3n) is 2.90. The van der Waals surface area contributed by atoms with Crippen LogP contribution in [0.15, 0.2) is 18.2 Å². The van der Waals surface area contributed by atoms with E-state index in [1.165, 1.54) is 6.92 Å². The predicted octanol–water partition coefficient (Wildman–Crippen LogP) is 2.09. The molecule has 0 fully saturated rings. The highest BCUT2D eigenvalue weighted by Gasteiger charge is 2.15. The number of carboxylic acid groups (broad SMARTS) is 1. The summed E-state index contributed by atoms with van der Waals surface area (Å²) in [6.07, 6.45) is 0. The van der Waals surface area contributed by atoms with Crippen LogP contribution in [0.3, 0.4) is 0 Å². The van der Waals surface area contributed by atoms with E-state index in [0.717, 1.165) is 11.1 Å². The van der Waals surface area contributed by atoms with Crippen molar-refractivity contribution in [2.75, 3.05) is 6.61 Å². The molecule has 1 aromatic carbocycles. The normalized spacial score (nSPS) is 12.1. The molecule has 1 atom stereocenters. The smallest absolute Gasteiger partial charge is 0.325 e. The van der Waals surface area contributed by atoms with Gasteiger partial charge in [-0.25, -0.2) is 0 Å². The molecule has 0 bridgehead atoms. The Hall–Kier alpha value is -2.04. The minimum atomic E-state index is -1.07. The minimum absolute atomic E-state index is 0.194. The molecule has 1 aromatic rings. The molecule has 2 N–H and O–H groups in total. The van der Waals surface area contributed by atoms with Gasteiger partial charge < -0.3 is 15.2 Å². The van der Waals surface area contributed by atoms with Crippen LogP contribution in [0.4, 0.5) is 0 Å². The highest BCUT2D eigenvalue weighted by atomic mass is 16.5. The van der Waals surface area contributed by atoms with Gasteiger partial charge in [-0.15, -0.1) is 0 Å². The van der Waals surface area contributed by atoms with Crippen LogP contribution in [-0.4, -0.2) is 29.6 Å². The van der Waals surface area contributed by atoms with E-state index in [0.29, 0.717) is 5.75 Å². The number of carboxylic acids is 1. The molecule has 0 aliphatic rings. The summed E-state index contributed by atoms with van der Waals surface area (Å²) in [5, 5.41) is 11.1. The molecule has 20 heavy (non-hydrogen) atoms. The molecule has 5 nitrogen and oxygen atoms in total. The third-order valence-corrected chi connectivity index (χ3v) is 2.90. The Kier molecular flexibility index (Phi) is 5.55. The number of benzene rings is 1. The molecule has 5 heteroatoms. The first-order valence-electron chi connectivity index (χ1n) is 6.56. The van der Waals surface area contributed by atoms with Crippen molar-refractivity contribution in [1.82, 2.24) is 5.32 Å². The second-order valence-corrected chi connectivity index (χ2v) is 5.11. The van der Waals surface area contributed by atoms with Gasteiger partial charge in [-0.3, -0.25) is 9.59 Å². The maximum absolute atomic E-state index is 11.6. The Labute approximate surface area is 118 Å². The molecule has 0 saturated carbocycles. The maximum atomic E-state index is 11.6. The zero-order chi connectivity index (χ0) is 15.3. The zero-order valence-electron chi connectivity index (χ0n) is 12.3. The number of nitrogens with one attached hydrogen (secondary N) is 1. The fourth-order valence-corrected chi connectivity index (χ4v) is 1.73. The summed E-state index contributed by atoms with van der Waals surface area (Å²) in [6.45, 7) is 7.25. The predicted molar refractivity (Wildman–Crippen MR) is 76.0 cm³/mol. The van der Waals surface area contributed by atoms with E-state index in [9.17, 15) is 9.59 Å². The SMILES string of the molecule is Cc1ccc(C(C)C)c(OCC(=O)N[C@@H](C)C(=O)O)c1. The van der Waals surface area contributed by atoms with E-state index < -0.39 is 17.9 Å². The largest absolute Gasteiger partial charge is 0.483 e. The number of carbonyl (C=O) groups is 2. The van der Waals surface area contributed by atoms with Gasteiger partial charge in [0.2, 0.25) is 0 Å². The molecular formula is C15H21NO4. The van der Waals surface area contributed by atoms with E-state index in [4.69, 9.17) is 9.84 Å². The maximum Gasteiger partial charge on any atom is 0.325 e. The lowest BCUT2D eigenvalue weighted by Crippen LogP contribution is -2.40. The number of aryl methyl sites for hydroxylation is 1.